The molecule has 0 saturated carbocycles. The lowest BCUT2D eigenvalue weighted by Crippen LogP contribution is -1.85. The fourth-order valence-electron chi connectivity index (χ4n) is 6.56. The van der Waals surface area contributed by atoms with Crippen LogP contribution in [0.2, 0.25) is 0 Å². The van der Waals surface area contributed by atoms with E-state index in [4.69, 9.17) is 9.97 Å². The van der Waals surface area contributed by atoms with Crippen LogP contribution >= 0.6 is 0 Å². The van der Waals surface area contributed by atoms with Crippen molar-refractivity contribution in [3.63, 3.8) is 0 Å². The molecular weight excluding hydrogens is 581 g/mol. The molecule has 8 heterocycles. The summed E-state index contributed by atoms with van der Waals surface area (Å²) < 4.78 is 0. The maximum Gasteiger partial charge on any atom is 0.0886 e. The van der Waals surface area contributed by atoms with Crippen LogP contribution in [0.15, 0.2) is 182 Å². The van der Waals surface area contributed by atoms with E-state index in [-0.39, 0.29) is 0 Å². The summed E-state index contributed by atoms with van der Waals surface area (Å²) in [6.45, 7) is 0. The highest BCUT2D eigenvalue weighted by molar-refractivity contribution is 5.25. The summed E-state index contributed by atoms with van der Waals surface area (Å²) in [5.41, 5.74) is 0. The molecule has 16 aliphatic carbocycles. The highest BCUT2D eigenvalue weighted by Gasteiger charge is 1.93. The van der Waals surface area contributed by atoms with E-state index < -0.39 is 0 Å². The van der Waals surface area contributed by atoms with Crippen molar-refractivity contribution in [3.8, 4) is 0 Å². The van der Waals surface area contributed by atoms with Gasteiger partial charge in [0.05, 0.1) is 10.7 Å². The number of rotatable bonds is 0. The molecule has 6 aliphatic heterocycles. The number of hydrogen-bond acceptors (Lipinski definition) is 2. The first-order chi connectivity index (χ1) is 23.7. The molecule has 0 unspecified atom stereocenters. The summed E-state index contributed by atoms with van der Waals surface area (Å²) in [5.74, 6) is 0. The Bertz CT molecular complexity index is 2280. The van der Waals surface area contributed by atoms with Crippen molar-refractivity contribution in [1.29, 1.82) is 0 Å². The second-order valence-corrected chi connectivity index (χ2v) is 12.3. The van der Waals surface area contributed by atoms with Gasteiger partial charge in [-0.05, 0) is 74.8 Å². The number of pyridine rings is 2. The van der Waals surface area contributed by atoms with Crippen molar-refractivity contribution in [2.75, 3.05) is 0 Å². The van der Waals surface area contributed by atoms with Crippen molar-refractivity contribution in [3.05, 3.63) is 266 Å². The Morgan fingerprint density at radius 3 is 0.458 bits per heavy atom. The molecule has 48 heavy (non-hydrogen) atoms. The third-order valence-electron chi connectivity index (χ3n) is 9.43. The molecular formula is C46H30N2. The molecule has 0 amide bonds. The average molecular weight is 611 g/mol. The summed E-state index contributed by atoms with van der Waals surface area (Å²) in [6.07, 6.45) is 3.87. The Labute approximate surface area is 275 Å². The van der Waals surface area contributed by atoms with Gasteiger partial charge in [-0.15, -0.1) is 0 Å². The molecule has 224 valence electrons. The summed E-state index contributed by atoms with van der Waals surface area (Å²) in [6, 6.07) is 61.1. The molecule has 0 radical (unpaired) electrons. The highest BCUT2D eigenvalue weighted by Crippen LogP contribution is 2.07. The third-order valence-corrected chi connectivity index (χ3v) is 9.43. The van der Waals surface area contributed by atoms with Crippen molar-refractivity contribution < 1.29 is 0 Å². The van der Waals surface area contributed by atoms with E-state index in [1.165, 1.54) is 52.2 Å². The third kappa shape index (κ3) is 5.30. The average Bonchev–Trinajstić information content (AvgIpc) is 3.18. The lowest BCUT2D eigenvalue weighted by atomic mass is 10.1. The van der Waals surface area contributed by atoms with Crippen LogP contribution in [0.4, 0.5) is 0 Å². The van der Waals surface area contributed by atoms with Gasteiger partial charge in [0.15, 0.2) is 0 Å². The van der Waals surface area contributed by atoms with Crippen LogP contribution < -0.4 is 0 Å². The van der Waals surface area contributed by atoms with Crippen LogP contribution in [0.1, 0.15) is 0 Å². The Morgan fingerprint density at radius 2 is 0.312 bits per heavy atom. The summed E-state index contributed by atoms with van der Waals surface area (Å²) in [7, 11) is 0. The minimum absolute atomic E-state index is 0.859. The van der Waals surface area contributed by atoms with E-state index in [1.54, 1.807) is 0 Å². The van der Waals surface area contributed by atoms with Crippen LogP contribution in [0, 0.1) is 83.8 Å². The molecule has 6 aromatic carbocycles. The van der Waals surface area contributed by atoms with Crippen LogP contribution in [-0.4, -0.2) is 9.97 Å². The molecule has 0 spiro atoms. The Balaban J connectivity index is 1.30. The normalized spacial score (nSPS) is 11.3. The number of hydrogen-bond donors (Lipinski definition) is 0. The molecule has 22 aliphatic rings. The van der Waals surface area contributed by atoms with Gasteiger partial charge in [-0.1, -0.05) is 158 Å². The van der Waals surface area contributed by atoms with Crippen molar-refractivity contribution in [1.82, 2.24) is 9.97 Å². The largest absolute Gasteiger partial charge is 0.254 e. The van der Waals surface area contributed by atoms with Crippen LogP contribution in [0.3, 0.4) is 0 Å². The predicted octanol–water partition coefficient (Wildman–Crippen LogP) is 9.09. The van der Waals surface area contributed by atoms with Crippen LogP contribution in [0.5, 0.6) is 0 Å². The quantitative estimate of drug-likeness (QED) is 0.171. The molecule has 8 aromatic rings. The van der Waals surface area contributed by atoms with E-state index in [2.05, 4.69) is 158 Å². The summed E-state index contributed by atoms with van der Waals surface area (Å²) in [4.78, 5) is 9.52. The molecule has 2 nitrogen and oxygen atoms in total. The summed E-state index contributed by atoms with van der Waals surface area (Å²) in [5, 5.41) is 18.2. The van der Waals surface area contributed by atoms with Crippen molar-refractivity contribution in [2.24, 2.45) is 0 Å². The lowest BCUT2D eigenvalue weighted by molar-refractivity contribution is 1.13. The topological polar surface area (TPSA) is 25.8 Å². The first-order valence-corrected chi connectivity index (χ1v) is 16.3. The Hall–Kier alpha value is -6.38. The minimum atomic E-state index is 0.859. The molecule has 0 fully saturated rings. The fraction of sp³-hybridized carbons (Fsp3) is 0. The van der Waals surface area contributed by atoms with Gasteiger partial charge in [0.2, 0.25) is 0 Å². The van der Waals surface area contributed by atoms with E-state index in [1.807, 2.05) is 24.5 Å². The van der Waals surface area contributed by atoms with E-state index in [0.29, 0.717) is 0 Å². The highest BCUT2D eigenvalue weighted by atomic mass is 14.7. The minimum Gasteiger partial charge on any atom is -0.254 e. The van der Waals surface area contributed by atoms with Crippen LogP contribution in [-0.2, 0) is 0 Å². The van der Waals surface area contributed by atoms with Crippen molar-refractivity contribution >= 4 is 0 Å². The second-order valence-electron chi connectivity index (χ2n) is 12.3. The molecule has 0 N–H and O–H groups in total. The monoisotopic (exact) mass is 610 g/mol. The molecule has 30 rings (SSSR count). The van der Waals surface area contributed by atoms with Gasteiger partial charge in [0.1, 0.15) is 0 Å². The Kier molecular flexibility index (Phi) is 6.84. The maximum absolute atomic E-state index is 4.76. The molecule has 0 atom stereocenters. The molecule has 0 saturated heterocycles. The molecule has 2 aromatic heterocycles. The van der Waals surface area contributed by atoms with Crippen LogP contribution in [0.25, 0.3) is 0 Å². The van der Waals surface area contributed by atoms with Gasteiger partial charge in [-0.2, -0.15) is 0 Å². The lowest BCUT2D eigenvalue weighted by Gasteiger charge is -1.95. The standard InChI is InChI=1S/C46H30N2/c1-5-33-6-2-31(1)32-3-7-34(8-4-32)36-11-15-38(16-12-36)40-19-23-42(24-20-40)44-26-28-46(48-30-44)45-27-25-43(29-47-45)41-21-17-39(18-22-41)37-13-9-35(33)10-14-37/h1-30H. The fourth-order valence-corrected chi connectivity index (χ4v) is 6.56. The zero-order valence-electron chi connectivity index (χ0n) is 26.2. The predicted molar refractivity (Wildman–Crippen MR) is 189 cm³/mol. The molecule has 16 bridgehead atoms. The number of aromatic nitrogens is 2. The van der Waals surface area contributed by atoms with Gasteiger partial charge >= 0.3 is 0 Å². The van der Waals surface area contributed by atoms with Gasteiger partial charge in [-0.3, -0.25) is 9.97 Å². The van der Waals surface area contributed by atoms with Gasteiger partial charge in [0.25, 0.3) is 0 Å². The second kappa shape index (κ2) is 11.8. The number of benzene rings is 6. The maximum atomic E-state index is 4.76. The van der Waals surface area contributed by atoms with Gasteiger partial charge < -0.3 is 0 Å². The van der Waals surface area contributed by atoms with Crippen molar-refractivity contribution in [2.45, 2.75) is 0 Å². The van der Waals surface area contributed by atoms with E-state index in [9.17, 15) is 0 Å². The molecule has 2 heteroatoms. The first kappa shape index (κ1) is 27.9. The van der Waals surface area contributed by atoms with Gasteiger partial charge in [0, 0.05) is 22.8 Å². The zero-order valence-corrected chi connectivity index (χ0v) is 26.2. The van der Waals surface area contributed by atoms with E-state index >= 15 is 0 Å². The zero-order chi connectivity index (χ0) is 31.9. The van der Waals surface area contributed by atoms with Gasteiger partial charge in [-0.25, -0.2) is 0 Å². The smallest absolute Gasteiger partial charge is 0.0886 e. The SMILES string of the molecule is c1cc2ccc1=c1ccc(cc1)=c1ccc(cc1)=c1ccc(cc1)=c1ccc(nc1)=c1ccc(cn1)=c1ccc(cc1)=c1ccc=2cc1. The summed E-state index contributed by atoms with van der Waals surface area (Å²) >= 11 is 0. The Morgan fingerprint density at radius 1 is 0.167 bits per heavy atom. The first-order valence-electron chi connectivity index (χ1n) is 16.3. The number of nitrogens with zero attached hydrogens (tertiary/aromatic N) is 2. The van der Waals surface area contributed by atoms with E-state index in [0.717, 1.165) is 31.6 Å².